The highest BCUT2D eigenvalue weighted by atomic mass is 15.3. The third-order valence-electron chi connectivity index (χ3n) is 8.70. The second-order valence-electron chi connectivity index (χ2n) is 11.8. The molecule has 3 atom stereocenters. The van der Waals surface area contributed by atoms with Crippen molar-refractivity contribution in [3.8, 4) is 11.3 Å². The van der Waals surface area contributed by atoms with Gasteiger partial charge in [-0.3, -0.25) is 4.90 Å². The van der Waals surface area contributed by atoms with Crippen LogP contribution in [0.3, 0.4) is 0 Å². The van der Waals surface area contributed by atoms with E-state index in [0.717, 1.165) is 36.1 Å². The predicted molar refractivity (Wildman–Crippen MR) is 142 cm³/mol. The fraction of sp³-hybridized carbons (Fsp3) is 0.655. The van der Waals surface area contributed by atoms with Crippen molar-refractivity contribution in [1.29, 1.82) is 0 Å². The molecule has 5 rings (SSSR count). The van der Waals surface area contributed by atoms with Gasteiger partial charge in [0, 0.05) is 36.8 Å². The van der Waals surface area contributed by atoms with Crippen LogP contribution in [0.25, 0.3) is 11.3 Å². The Morgan fingerprint density at radius 1 is 0.794 bits per heavy atom. The molecule has 1 aromatic heterocycles. The molecule has 3 fully saturated rings. The molecule has 2 bridgehead atoms. The van der Waals surface area contributed by atoms with Gasteiger partial charge < -0.3 is 10.6 Å². The summed E-state index contributed by atoms with van der Waals surface area (Å²) < 4.78 is 0. The van der Waals surface area contributed by atoms with Crippen LogP contribution in [-0.4, -0.2) is 46.3 Å². The zero-order valence-electron chi connectivity index (χ0n) is 21.3. The number of rotatable bonds is 3. The van der Waals surface area contributed by atoms with Gasteiger partial charge in [-0.1, -0.05) is 76.3 Å². The van der Waals surface area contributed by atoms with E-state index < -0.39 is 0 Å². The second kappa shape index (κ2) is 10.2. The number of nitrogens with zero attached hydrogens (tertiary/aromatic N) is 4. The van der Waals surface area contributed by atoms with Crippen LogP contribution in [0.2, 0.25) is 0 Å². The van der Waals surface area contributed by atoms with Crippen LogP contribution in [0.4, 0.5) is 11.5 Å². The smallest absolute Gasteiger partial charge is 0.169 e. The Balaban J connectivity index is 1.29. The summed E-state index contributed by atoms with van der Waals surface area (Å²) in [5.74, 6) is 0.560. The van der Waals surface area contributed by atoms with Crippen molar-refractivity contribution in [2.75, 3.05) is 23.7 Å². The monoisotopic (exact) mass is 461 g/mol. The van der Waals surface area contributed by atoms with Gasteiger partial charge in [-0.05, 0) is 50.0 Å². The molecule has 0 radical (unpaired) electrons. The van der Waals surface area contributed by atoms with E-state index in [9.17, 15) is 0 Å². The summed E-state index contributed by atoms with van der Waals surface area (Å²) in [5.41, 5.74) is 9.96. The maximum Gasteiger partial charge on any atom is 0.169 e. The molecule has 1 saturated carbocycles. The molecule has 2 aromatic rings. The maximum atomic E-state index is 6.37. The summed E-state index contributed by atoms with van der Waals surface area (Å²) in [6.07, 6.45) is 15.1. The van der Waals surface area contributed by atoms with Crippen molar-refractivity contribution >= 4 is 11.5 Å². The molecule has 0 spiro atoms. The van der Waals surface area contributed by atoms with Gasteiger partial charge in [-0.25, -0.2) is 0 Å². The highest BCUT2D eigenvalue weighted by Crippen LogP contribution is 2.39. The third-order valence-corrected chi connectivity index (χ3v) is 8.70. The number of nitrogen functional groups attached to an aromatic ring is 1. The Kier molecular flexibility index (Phi) is 7.10. The fourth-order valence-corrected chi connectivity index (χ4v) is 6.83. The number of fused-ring (bicyclic) bond motifs is 2. The summed E-state index contributed by atoms with van der Waals surface area (Å²) in [7, 11) is 0. The average molecular weight is 462 g/mol. The minimum atomic E-state index is 0.529. The van der Waals surface area contributed by atoms with E-state index in [-0.39, 0.29) is 0 Å². The highest BCUT2D eigenvalue weighted by Gasteiger charge is 2.43. The summed E-state index contributed by atoms with van der Waals surface area (Å²) in [6, 6.07) is 14.5. The van der Waals surface area contributed by atoms with Crippen molar-refractivity contribution in [2.45, 2.75) is 103 Å². The number of hydrogen-bond donors (Lipinski definition) is 1. The van der Waals surface area contributed by atoms with Crippen LogP contribution < -0.4 is 10.6 Å². The predicted octanol–water partition coefficient (Wildman–Crippen LogP) is 6.30. The van der Waals surface area contributed by atoms with E-state index >= 15 is 0 Å². The minimum Gasteiger partial charge on any atom is -0.380 e. The number of nitrogens with two attached hydrogens (primary N) is 1. The van der Waals surface area contributed by atoms with Crippen LogP contribution >= 0.6 is 0 Å². The van der Waals surface area contributed by atoms with Gasteiger partial charge in [-0.2, -0.15) is 0 Å². The topological polar surface area (TPSA) is 58.3 Å². The van der Waals surface area contributed by atoms with Crippen molar-refractivity contribution in [3.05, 3.63) is 36.4 Å². The number of benzene rings is 1. The second-order valence-corrected chi connectivity index (χ2v) is 11.8. The molecule has 5 nitrogen and oxygen atoms in total. The van der Waals surface area contributed by atoms with Gasteiger partial charge in [0.1, 0.15) is 0 Å². The van der Waals surface area contributed by atoms with Crippen LogP contribution in [-0.2, 0) is 0 Å². The standard InChI is InChI=1S/C29H43N5/c1-29(2)17-9-4-7-13-23(14-8-10-18-29)34-24-15-16-25(34)21-33(20-24)27-19-26(31-32-28(27)30)22-11-5-3-6-12-22/h3,5-6,11-12,19,23-25H,4,7-10,13-18,20-21H2,1-2H3,(H2,30,32). The lowest BCUT2D eigenvalue weighted by Crippen LogP contribution is -2.57. The summed E-state index contributed by atoms with van der Waals surface area (Å²) in [4.78, 5) is 5.45. The summed E-state index contributed by atoms with van der Waals surface area (Å²) in [5, 5.41) is 8.73. The Morgan fingerprint density at radius 3 is 2.15 bits per heavy atom. The number of anilines is 2. The summed E-state index contributed by atoms with van der Waals surface area (Å²) in [6.45, 7) is 7.07. The van der Waals surface area contributed by atoms with E-state index in [1.807, 2.05) is 18.2 Å². The molecule has 3 heterocycles. The van der Waals surface area contributed by atoms with Gasteiger partial charge in [-0.15, -0.1) is 10.2 Å². The van der Waals surface area contributed by atoms with E-state index in [1.54, 1.807) is 0 Å². The zero-order chi connectivity index (χ0) is 23.5. The molecule has 0 amide bonds. The molecule has 3 aliphatic rings. The first kappa shape index (κ1) is 23.6. The Morgan fingerprint density at radius 2 is 1.44 bits per heavy atom. The lowest BCUT2D eigenvalue weighted by atomic mass is 9.82. The van der Waals surface area contributed by atoms with Crippen molar-refractivity contribution < 1.29 is 0 Å². The van der Waals surface area contributed by atoms with Gasteiger partial charge in [0.15, 0.2) is 5.82 Å². The molecule has 3 unspecified atom stereocenters. The first-order valence-corrected chi connectivity index (χ1v) is 13.7. The normalized spacial score (nSPS) is 28.4. The number of piperazine rings is 1. The molecular weight excluding hydrogens is 418 g/mol. The molecule has 2 N–H and O–H groups in total. The molecule has 2 saturated heterocycles. The molecule has 5 heteroatoms. The van der Waals surface area contributed by atoms with Crippen molar-refractivity contribution in [1.82, 2.24) is 15.1 Å². The molecule has 34 heavy (non-hydrogen) atoms. The fourth-order valence-electron chi connectivity index (χ4n) is 6.83. The van der Waals surface area contributed by atoms with Crippen LogP contribution in [0.15, 0.2) is 36.4 Å². The van der Waals surface area contributed by atoms with Gasteiger partial charge in [0.2, 0.25) is 0 Å². The number of hydrogen-bond acceptors (Lipinski definition) is 5. The van der Waals surface area contributed by atoms with E-state index in [4.69, 9.17) is 5.73 Å². The van der Waals surface area contributed by atoms with Gasteiger partial charge in [0.05, 0.1) is 11.4 Å². The summed E-state index contributed by atoms with van der Waals surface area (Å²) >= 11 is 0. The van der Waals surface area contributed by atoms with E-state index in [0.29, 0.717) is 23.3 Å². The Bertz CT molecular complexity index is 929. The van der Waals surface area contributed by atoms with Crippen molar-refractivity contribution in [3.63, 3.8) is 0 Å². The zero-order valence-corrected chi connectivity index (χ0v) is 21.3. The quantitative estimate of drug-likeness (QED) is 0.581. The lowest BCUT2D eigenvalue weighted by molar-refractivity contribution is 0.0946. The third kappa shape index (κ3) is 5.25. The van der Waals surface area contributed by atoms with Crippen LogP contribution in [0.5, 0.6) is 0 Å². The maximum absolute atomic E-state index is 6.37. The van der Waals surface area contributed by atoms with Gasteiger partial charge in [0.25, 0.3) is 0 Å². The molecule has 2 aliphatic heterocycles. The first-order valence-electron chi connectivity index (χ1n) is 13.7. The van der Waals surface area contributed by atoms with Crippen molar-refractivity contribution in [2.24, 2.45) is 5.41 Å². The first-order chi connectivity index (χ1) is 16.5. The average Bonchev–Trinajstić information content (AvgIpc) is 3.07. The van der Waals surface area contributed by atoms with Crippen LogP contribution in [0.1, 0.15) is 84.5 Å². The largest absolute Gasteiger partial charge is 0.380 e. The van der Waals surface area contributed by atoms with Crippen LogP contribution in [0, 0.1) is 5.41 Å². The number of aromatic nitrogens is 2. The highest BCUT2D eigenvalue weighted by molar-refractivity contribution is 5.71. The van der Waals surface area contributed by atoms with E-state index in [2.05, 4.69) is 52.0 Å². The molecule has 184 valence electrons. The Hall–Kier alpha value is -2.14. The van der Waals surface area contributed by atoms with Gasteiger partial charge >= 0.3 is 0 Å². The molecular formula is C29H43N5. The minimum absolute atomic E-state index is 0.529. The Labute approximate surface area is 206 Å². The van der Waals surface area contributed by atoms with E-state index in [1.165, 1.54) is 70.6 Å². The lowest BCUT2D eigenvalue weighted by Gasteiger charge is -2.46. The SMILES string of the molecule is CC1(C)CCCCCC(N2C3CCC2CN(c2cc(-c4ccccc4)nnc2N)C3)CCCC1. The molecule has 1 aliphatic carbocycles. The molecule has 1 aromatic carbocycles.